The monoisotopic (exact) mass is 354 g/mol. The summed E-state index contributed by atoms with van der Waals surface area (Å²) in [7, 11) is 0. The lowest BCUT2D eigenvalue weighted by Crippen LogP contribution is -2.30. The Labute approximate surface area is 149 Å². The van der Waals surface area contributed by atoms with Gasteiger partial charge in [0.05, 0.1) is 4.92 Å². The first kappa shape index (κ1) is 17.4. The fourth-order valence-corrected chi connectivity index (χ4v) is 2.37. The number of carbonyl (C=O) groups is 2. The van der Waals surface area contributed by atoms with Crippen molar-refractivity contribution in [3.05, 3.63) is 63.7 Å². The number of hydrogen-bond acceptors (Lipinski definition) is 4. The maximum atomic E-state index is 12.3. The molecular weight excluding hydrogens is 336 g/mol. The van der Waals surface area contributed by atoms with Gasteiger partial charge in [-0.2, -0.15) is 0 Å². The molecule has 3 rings (SSSR count). The van der Waals surface area contributed by atoms with Crippen molar-refractivity contribution in [2.75, 3.05) is 10.6 Å². The summed E-state index contributed by atoms with van der Waals surface area (Å²) in [5.74, 6) is -0.444. The molecule has 0 unspecified atom stereocenters. The van der Waals surface area contributed by atoms with Gasteiger partial charge in [-0.05, 0) is 50.1 Å². The first-order chi connectivity index (χ1) is 12.4. The van der Waals surface area contributed by atoms with Gasteiger partial charge in [-0.3, -0.25) is 14.9 Å². The third kappa shape index (κ3) is 4.35. The molecule has 1 aliphatic carbocycles. The van der Waals surface area contributed by atoms with Gasteiger partial charge in [-0.25, -0.2) is 4.79 Å². The Hall–Kier alpha value is -3.42. The fourth-order valence-electron chi connectivity index (χ4n) is 2.37. The number of rotatable bonds is 5. The maximum absolute atomic E-state index is 12.3. The SMILES string of the molecule is Cc1ccc(C(=O)Nc2ccc(NC(=O)NC3CC3)cc2)cc1[N+](=O)[O-]. The van der Waals surface area contributed by atoms with Gasteiger partial charge in [-0.15, -0.1) is 0 Å². The molecule has 8 nitrogen and oxygen atoms in total. The van der Waals surface area contributed by atoms with E-state index in [0.717, 1.165) is 12.8 Å². The number of hydrogen-bond donors (Lipinski definition) is 3. The van der Waals surface area contributed by atoms with Crippen LogP contribution in [-0.2, 0) is 0 Å². The van der Waals surface area contributed by atoms with E-state index >= 15 is 0 Å². The summed E-state index contributed by atoms with van der Waals surface area (Å²) >= 11 is 0. The van der Waals surface area contributed by atoms with Gasteiger partial charge < -0.3 is 16.0 Å². The van der Waals surface area contributed by atoms with Gasteiger partial charge in [0.15, 0.2) is 0 Å². The van der Waals surface area contributed by atoms with E-state index in [4.69, 9.17) is 0 Å². The fraction of sp³-hybridized carbons (Fsp3) is 0.222. The van der Waals surface area contributed by atoms with Crippen LogP contribution in [0.5, 0.6) is 0 Å². The normalized spacial score (nSPS) is 13.0. The van der Waals surface area contributed by atoms with Crippen LogP contribution in [0.1, 0.15) is 28.8 Å². The third-order valence-corrected chi connectivity index (χ3v) is 3.98. The second-order valence-corrected chi connectivity index (χ2v) is 6.16. The van der Waals surface area contributed by atoms with Crippen molar-refractivity contribution < 1.29 is 14.5 Å². The van der Waals surface area contributed by atoms with Gasteiger partial charge >= 0.3 is 6.03 Å². The quantitative estimate of drug-likeness (QED) is 0.564. The van der Waals surface area contributed by atoms with E-state index in [9.17, 15) is 19.7 Å². The summed E-state index contributed by atoms with van der Waals surface area (Å²) in [6, 6.07) is 11.0. The molecule has 2 aromatic rings. The highest BCUT2D eigenvalue weighted by atomic mass is 16.6. The van der Waals surface area contributed by atoms with Crippen molar-refractivity contribution in [2.24, 2.45) is 0 Å². The molecule has 3 amide bonds. The van der Waals surface area contributed by atoms with Crippen LogP contribution in [0.4, 0.5) is 21.9 Å². The first-order valence-electron chi connectivity index (χ1n) is 8.16. The highest BCUT2D eigenvalue weighted by Gasteiger charge is 2.23. The molecule has 1 aliphatic rings. The predicted molar refractivity (Wildman–Crippen MR) is 97.4 cm³/mol. The number of nitro benzene ring substituents is 1. The van der Waals surface area contributed by atoms with E-state index < -0.39 is 10.8 Å². The summed E-state index contributed by atoms with van der Waals surface area (Å²) < 4.78 is 0. The molecule has 0 atom stereocenters. The molecule has 0 radical (unpaired) electrons. The lowest BCUT2D eigenvalue weighted by Gasteiger charge is -2.09. The third-order valence-electron chi connectivity index (χ3n) is 3.98. The average Bonchev–Trinajstić information content (AvgIpc) is 3.40. The number of carbonyl (C=O) groups excluding carboxylic acids is 2. The molecule has 0 aromatic heterocycles. The van der Waals surface area contributed by atoms with Gasteiger partial charge in [0.25, 0.3) is 11.6 Å². The summed E-state index contributed by atoms with van der Waals surface area (Å²) in [4.78, 5) is 34.4. The summed E-state index contributed by atoms with van der Waals surface area (Å²) in [5, 5.41) is 19.2. The molecule has 8 heteroatoms. The van der Waals surface area contributed by atoms with Crippen molar-refractivity contribution in [1.82, 2.24) is 5.32 Å². The van der Waals surface area contributed by atoms with E-state index in [0.29, 0.717) is 16.9 Å². The predicted octanol–water partition coefficient (Wildman–Crippen LogP) is 3.44. The minimum atomic E-state index is -0.515. The molecule has 0 heterocycles. The Bertz CT molecular complexity index is 860. The number of nitrogens with zero attached hydrogens (tertiary/aromatic N) is 1. The Kier molecular flexibility index (Phi) is 4.83. The molecule has 134 valence electrons. The topological polar surface area (TPSA) is 113 Å². The summed E-state index contributed by atoms with van der Waals surface area (Å²) in [6.45, 7) is 1.62. The average molecular weight is 354 g/mol. The number of anilines is 2. The number of urea groups is 1. The van der Waals surface area contributed by atoms with Crippen molar-refractivity contribution in [1.29, 1.82) is 0 Å². The minimum Gasteiger partial charge on any atom is -0.335 e. The van der Waals surface area contributed by atoms with Crippen molar-refractivity contribution in [3.8, 4) is 0 Å². The maximum Gasteiger partial charge on any atom is 0.319 e. The Morgan fingerprint density at radius 3 is 2.23 bits per heavy atom. The highest BCUT2D eigenvalue weighted by molar-refractivity contribution is 6.04. The van der Waals surface area contributed by atoms with E-state index in [1.54, 1.807) is 37.3 Å². The minimum absolute atomic E-state index is 0.0983. The van der Waals surface area contributed by atoms with Crippen molar-refractivity contribution in [3.63, 3.8) is 0 Å². The molecule has 0 aliphatic heterocycles. The van der Waals surface area contributed by atoms with Gasteiger partial charge in [-0.1, -0.05) is 6.07 Å². The lowest BCUT2D eigenvalue weighted by molar-refractivity contribution is -0.385. The molecule has 0 saturated heterocycles. The zero-order valence-corrected chi connectivity index (χ0v) is 14.1. The second kappa shape index (κ2) is 7.22. The van der Waals surface area contributed by atoms with Gasteiger partial charge in [0.1, 0.15) is 0 Å². The number of nitrogens with one attached hydrogen (secondary N) is 3. The van der Waals surface area contributed by atoms with Crippen LogP contribution >= 0.6 is 0 Å². The second-order valence-electron chi connectivity index (χ2n) is 6.16. The zero-order valence-electron chi connectivity index (χ0n) is 14.1. The number of amides is 3. The van der Waals surface area contributed by atoms with Crippen LogP contribution in [0.25, 0.3) is 0 Å². The first-order valence-corrected chi connectivity index (χ1v) is 8.16. The van der Waals surface area contributed by atoms with E-state index in [-0.39, 0.29) is 23.3 Å². The van der Waals surface area contributed by atoms with Gasteiger partial charge in [0, 0.05) is 34.6 Å². The van der Waals surface area contributed by atoms with E-state index in [2.05, 4.69) is 16.0 Å². The summed E-state index contributed by atoms with van der Waals surface area (Å²) in [6.07, 6.45) is 2.02. The molecule has 1 fully saturated rings. The molecule has 1 saturated carbocycles. The van der Waals surface area contributed by atoms with E-state index in [1.165, 1.54) is 12.1 Å². The number of benzene rings is 2. The zero-order chi connectivity index (χ0) is 18.7. The van der Waals surface area contributed by atoms with Crippen LogP contribution in [0.2, 0.25) is 0 Å². The number of aryl methyl sites for hydroxylation is 1. The molecule has 3 N–H and O–H groups in total. The Morgan fingerprint density at radius 1 is 1.04 bits per heavy atom. The smallest absolute Gasteiger partial charge is 0.319 e. The summed E-state index contributed by atoms with van der Waals surface area (Å²) in [5.41, 5.74) is 1.72. The van der Waals surface area contributed by atoms with Crippen LogP contribution in [-0.4, -0.2) is 22.9 Å². The number of nitro groups is 1. The molecule has 0 spiro atoms. The van der Waals surface area contributed by atoms with Crippen molar-refractivity contribution in [2.45, 2.75) is 25.8 Å². The van der Waals surface area contributed by atoms with E-state index in [1.807, 2.05) is 0 Å². The van der Waals surface area contributed by atoms with Crippen LogP contribution in [0, 0.1) is 17.0 Å². The molecule has 26 heavy (non-hydrogen) atoms. The van der Waals surface area contributed by atoms with Crippen molar-refractivity contribution >= 4 is 29.0 Å². The Balaban J connectivity index is 1.63. The molecule has 2 aromatic carbocycles. The van der Waals surface area contributed by atoms with Crippen LogP contribution in [0.3, 0.4) is 0 Å². The largest absolute Gasteiger partial charge is 0.335 e. The standard InChI is InChI=1S/C18H18N4O4/c1-11-2-3-12(10-16(11)22(25)26)17(23)19-13-4-6-14(7-5-13)20-18(24)21-15-8-9-15/h2-7,10,15H,8-9H2,1H3,(H,19,23)(H2,20,21,24). The highest BCUT2D eigenvalue weighted by Crippen LogP contribution is 2.21. The Morgan fingerprint density at radius 2 is 1.65 bits per heavy atom. The van der Waals surface area contributed by atoms with Crippen LogP contribution in [0.15, 0.2) is 42.5 Å². The lowest BCUT2D eigenvalue weighted by atomic mass is 10.1. The molecule has 0 bridgehead atoms. The van der Waals surface area contributed by atoms with Gasteiger partial charge in [0.2, 0.25) is 0 Å². The van der Waals surface area contributed by atoms with Crippen LogP contribution < -0.4 is 16.0 Å². The molecular formula is C18H18N4O4.